The third-order valence-corrected chi connectivity index (χ3v) is 4.28. The summed E-state index contributed by atoms with van der Waals surface area (Å²) in [6.45, 7) is 6.91. The van der Waals surface area contributed by atoms with E-state index in [1.165, 1.54) is 6.92 Å². The first-order valence-electron chi connectivity index (χ1n) is 7.50. The van der Waals surface area contributed by atoms with Gasteiger partial charge in [0, 0.05) is 11.0 Å². The van der Waals surface area contributed by atoms with E-state index < -0.39 is 11.5 Å². The summed E-state index contributed by atoms with van der Waals surface area (Å²) in [4.78, 5) is 11.8. The maximum atomic E-state index is 11.8. The largest absolute Gasteiger partial charge is 0.508 e. The van der Waals surface area contributed by atoms with Gasteiger partial charge in [-0.2, -0.15) is 0 Å². The van der Waals surface area contributed by atoms with Gasteiger partial charge in [0.05, 0.1) is 11.7 Å². The van der Waals surface area contributed by atoms with Crippen molar-refractivity contribution in [1.82, 2.24) is 0 Å². The van der Waals surface area contributed by atoms with Crippen LogP contribution in [0.4, 0.5) is 0 Å². The van der Waals surface area contributed by atoms with Crippen molar-refractivity contribution >= 4 is 5.78 Å². The number of carbonyl (C=O) groups is 1. The number of rotatable bonds is 4. The smallest absolute Gasteiger partial charge is 0.163 e. The number of phenols is 2. The van der Waals surface area contributed by atoms with Crippen LogP contribution in [0.2, 0.25) is 0 Å². The molecular weight excluding hydrogens is 292 g/mol. The minimum absolute atomic E-state index is 0.169. The summed E-state index contributed by atoms with van der Waals surface area (Å²) in [5, 5.41) is 29.6. The summed E-state index contributed by atoms with van der Waals surface area (Å²) in [5.74, 6) is -0.241. The van der Waals surface area contributed by atoms with Crippen LogP contribution in [0, 0.1) is 0 Å². The van der Waals surface area contributed by atoms with Gasteiger partial charge in [-0.15, -0.1) is 0 Å². The summed E-state index contributed by atoms with van der Waals surface area (Å²) in [6.07, 6.45) is -0.885. The molecule has 0 heterocycles. The highest BCUT2D eigenvalue weighted by atomic mass is 16.3. The zero-order valence-corrected chi connectivity index (χ0v) is 13.8. The third kappa shape index (κ3) is 3.22. The van der Waals surface area contributed by atoms with E-state index in [9.17, 15) is 20.1 Å². The van der Waals surface area contributed by atoms with Crippen LogP contribution in [-0.2, 0) is 5.41 Å². The molecule has 0 spiro atoms. The lowest BCUT2D eigenvalue weighted by molar-refractivity contribution is 0.101. The van der Waals surface area contributed by atoms with Gasteiger partial charge in [0.2, 0.25) is 0 Å². The number of ketones is 1. The van der Waals surface area contributed by atoms with E-state index in [0.717, 1.165) is 11.1 Å². The van der Waals surface area contributed by atoms with Crippen LogP contribution in [0.5, 0.6) is 11.5 Å². The van der Waals surface area contributed by atoms with E-state index in [4.69, 9.17) is 0 Å². The Morgan fingerprint density at radius 1 is 1.04 bits per heavy atom. The number of aliphatic hydroxyl groups is 1. The van der Waals surface area contributed by atoms with Crippen molar-refractivity contribution in [3.05, 3.63) is 58.7 Å². The topological polar surface area (TPSA) is 77.8 Å². The highest BCUT2D eigenvalue weighted by molar-refractivity contribution is 5.97. The molecule has 2 rings (SSSR count). The van der Waals surface area contributed by atoms with Crippen molar-refractivity contribution in [2.75, 3.05) is 0 Å². The molecule has 4 nitrogen and oxygen atoms in total. The second-order valence-corrected chi connectivity index (χ2v) is 6.37. The minimum Gasteiger partial charge on any atom is -0.508 e. The molecule has 0 amide bonds. The molecule has 122 valence electrons. The molecule has 1 atom stereocenters. The lowest BCUT2D eigenvalue weighted by Crippen LogP contribution is -2.20. The number of benzene rings is 2. The van der Waals surface area contributed by atoms with Crippen LogP contribution >= 0.6 is 0 Å². The van der Waals surface area contributed by atoms with Crippen LogP contribution < -0.4 is 0 Å². The molecule has 23 heavy (non-hydrogen) atoms. The number of aliphatic hydroxyl groups excluding tert-OH is 1. The second kappa shape index (κ2) is 6.05. The zero-order chi connectivity index (χ0) is 17.4. The normalized spacial score (nSPS) is 12.9. The van der Waals surface area contributed by atoms with Crippen LogP contribution in [-0.4, -0.2) is 21.1 Å². The number of carbonyl (C=O) groups excluding carboxylic acids is 1. The van der Waals surface area contributed by atoms with Gasteiger partial charge in [0.25, 0.3) is 0 Å². The molecular formula is C19H22O4. The highest BCUT2D eigenvalue weighted by Gasteiger charge is 2.27. The van der Waals surface area contributed by atoms with Gasteiger partial charge in [0.15, 0.2) is 5.78 Å². The fourth-order valence-corrected chi connectivity index (χ4v) is 2.65. The van der Waals surface area contributed by atoms with Crippen molar-refractivity contribution in [1.29, 1.82) is 0 Å². The van der Waals surface area contributed by atoms with Crippen molar-refractivity contribution in [2.45, 2.75) is 39.2 Å². The molecule has 0 bridgehead atoms. The van der Waals surface area contributed by atoms with E-state index in [0.29, 0.717) is 5.56 Å². The Morgan fingerprint density at radius 3 is 2.09 bits per heavy atom. The average molecular weight is 314 g/mol. The standard InChI is InChI=1S/C19H22O4/c1-11(20)16-9-14(10-17(12(2)21)18(16)23)19(3,4)13-5-7-15(22)8-6-13/h5-11,20,22-23H,1-4H3. The molecule has 2 aromatic carbocycles. The Kier molecular flexibility index (Phi) is 4.48. The van der Waals surface area contributed by atoms with Crippen LogP contribution in [0.25, 0.3) is 0 Å². The van der Waals surface area contributed by atoms with Gasteiger partial charge >= 0.3 is 0 Å². The summed E-state index contributed by atoms with van der Waals surface area (Å²) in [5.41, 5.74) is 1.83. The van der Waals surface area contributed by atoms with Gasteiger partial charge in [-0.1, -0.05) is 26.0 Å². The quantitative estimate of drug-likeness (QED) is 0.752. The Labute approximate surface area is 136 Å². The molecule has 0 aliphatic rings. The van der Waals surface area contributed by atoms with E-state index in [1.807, 2.05) is 26.0 Å². The fourth-order valence-electron chi connectivity index (χ4n) is 2.65. The molecule has 0 fully saturated rings. The van der Waals surface area contributed by atoms with Crippen LogP contribution in [0.3, 0.4) is 0 Å². The van der Waals surface area contributed by atoms with E-state index in [1.54, 1.807) is 31.2 Å². The summed E-state index contributed by atoms with van der Waals surface area (Å²) >= 11 is 0. The van der Waals surface area contributed by atoms with E-state index in [2.05, 4.69) is 0 Å². The summed E-state index contributed by atoms with van der Waals surface area (Å²) in [7, 11) is 0. The first-order chi connectivity index (χ1) is 10.6. The summed E-state index contributed by atoms with van der Waals surface area (Å²) in [6, 6.07) is 10.2. The molecule has 0 aromatic heterocycles. The van der Waals surface area contributed by atoms with E-state index in [-0.39, 0.29) is 22.8 Å². The Bertz CT molecular complexity index is 728. The van der Waals surface area contributed by atoms with E-state index >= 15 is 0 Å². The Balaban J connectivity index is 2.66. The number of aromatic hydroxyl groups is 2. The van der Waals surface area contributed by atoms with Crippen molar-refractivity contribution in [2.24, 2.45) is 0 Å². The Morgan fingerprint density at radius 2 is 1.61 bits per heavy atom. The summed E-state index contributed by atoms with van der Waals surface area (Å²) < 4.78 is 0. The molecule has 0 radical (unpaired) electrons. The maximum absolute atomic E-state index is 11.8. The SMILES string of the molecule is CC(=O)c1cc(C(C)(C)c2ccc(O)cc2)cc(C(C)O)c1O. The van der Waals surface area contributed by atoms with Gasteiger partial charge in [0.1, 0.15) is 11.5 Å². The van der Waals surface area contributed by atoms with Crippen molar-refractivity contribution in [3.63, 3.8) is 0 Å². The number of hydrogen-bond acceptors (Lipinski definition) is 4. The number of phenolic OH excluding ortho intramolecular Hbond substituents is 2. The maximum Gasteiger partial charge on any atom is 0.163 e. The van der Waals surface area contributed by atoms with Crippen molar-refractivity contribution in [3.8, 4) is 11.5 Å². The molecule has 3 N–H and O–H groups in total. The molecule has 0 aliphatic carbocycles. The third-order valence-electron chi connectivity index (χ3n) is 4.28. The highest BCUT2D eigenvalue weighted by Crippen LogP contribution is 2.38. The molecule has 1 unspecified atom stereocenters. The fraction of sp³-hybridized carbons (Fsp3) is 0.316. The van der Waals surface area contributed by atoms with Crippen molar-refractivity contribution < 1.29 is 20.1 Å². The zero-order valence-electron chi connectivity index (χ0n) is 13.8. The molecule has 2 aromatic rings. The van der Waals surface area contributed by atoms with Gasteiger partial charge < -0.3 is 15.3 Å². The minimum atomic E-state index is -0.885. The van der Waals surface area contributed by atoms with Gasteiger partial charge in [-0.25, -0.2) is 0 Å². The predicted octanol–water partition coefficient (Wildman–Crippen LogP) is 3.68. The molecule has 0 saturated carbocycles. The second-order valence-electron chi connectivity index (χ2n) is 6.37. The van der Waals surface area contributed by atoms with Crippen LogP contribution in [0.1, 0.15) is 60.8 Å². The first kappa shape index (κ1) is 17.0. The monoisotopic (exact) mass is 314 g/mol. The predicted molar refractivity (Wildman–Crippen MR) is 89.0 cm³/mol. The Hall–Kier alpha value is -2.33. The number of Topliss-reactive ketones (excluding diaryl/α,β-unsaturated/α-hetero) is 1. The number of hydrogen-bond donors (Lipinski definition) is 3. The molecule has 4 heteroatoms. The van der Waals surface area contributed by atoms with Gasteiger partial charge in [-0.05, 0) is 49.2 Å². The average Bonchev–Trinajstić information content (AvgIpc) is 2.47. The molecule has 0 aliphatic heterocycles. The lowest BCUT2D eigenvalue weighted by atomic mass is 9.76. The van der Waals surface area contributed by atoms with Crippen LogP contribution in [0.15, 0.2) is 36.4 Å². The lowest BCUT2D eigenvalue weighted by Gasteiger charge is -2.28. The van der Waals surface area contributed by atoms with Gasteiger partial charge in [-0.3, -0.25) is 4.79 Å². The molecule has 0 saturated heterocycles. The first-order valence-corrected chi connectivity index (χ1v) is 7.50.